The minimum atomic E-state index is -0.556. The van der Waals surface area contributed by atoms with E-state index < -0.39 is 11.4 Å². The van der Waals surface area contributed by atoms with Crippen molar-refractivity contribution in [3.63, 3.8) is 0 Å². The quantitative estimate of drug-likeness (QED) is 0.730. The van der Waals surface area contributed by atoms with Gasteiger partial charge in [0.25, 0.3) is 0 Å². The molecule has 4 heteroatoms. The monoisotopic (exact) mass is 259 g/mol. The smallest absolute Gasteiger partial charge is 0.372 e. The third-order valence-corrected chi connectivity index (χ3v) is 4.03. The fourth-order valence-electron chi connectivity index (χ4n) is 3.36. The van der Waals surface area contributed by atoms with Crippen molar-refractivity contribution in [3.8, 4) is 0 Å². The van der Waals surface area contributed by atoms with Crippen molar-refractivity contribution in [1.82, 2.24) is 4.57 Å². The number of aryl methyl sites for hydroxylation is 1. The van der Waals surface area contributed by atoms with Crippen molar-refractivity contribution in [2.24, 2.45) is 0 Å². The zero-order valence-corrected chi connectivity index (χ0v) is 11.6. The molecule has 100 valence electrons. The summed E-state index contributed by atoms with van der Waals surface area (Å²) in [6.07, 6.45) is 0.853. The van der Waals surface area contributed by atoms with Gasteiger partial charge in [-0.1, -0.05) is 13.0 Å². The molecule has 3 rings (SSSR count). The normalized spacial score (nSPS) is 20.7. The molecule has 2 aromatic rings. The van der Waals surface area contributed by atoms with Crippen LogP contribution in [-0.2, 0) is 5.54 Å². The highest BCUT2D eigenvalue weighted by Crippen LogP contribution is 2.39. The first-order valence-electron chi connectivity index (χ1n) is 6.52. The summed E-state index contributed by atoms with van der Waals surface area (Å²) >= 11 is 0. The second-order valence-electron chi connectivity index (χ2n) is 6.16. The van der Waals surface area contributed by atoms with E-state index in [1.54, 1.807) is 10.6 Å². The summed E-state index contributed by atoms with van der Waals surface area (Å²) in [5.41, 5.74) is 1.96. The predicted octanol–water partition coefficient (Wildman–Crippen LogP) is 2.51. The van der Waals surface area contributed by atoms with Gasteiger partial charge >= 0.3 is 11.4 Å². The van der Waals surface area contributed by atoms with Gasteiger partial charge in [-0.25, -0.2) is 9.59 Å². The molecule has 0 N–H and O–H groups in total. The van der Waals surface area contributed by atoms with Crippen molar-refractivity contribution >= 4 is 10.9 Å². The van der Waals surface area contributed by atoms with Crippen LogP contribution in [0.15, 0.2) is 26.1 Å². The van der Waals surface area contributed by atoms with Crippen LogP contribution >= 0.6 is 0 Å². The van der Waals surface area contributed by atoms with E-state index in [-0.39, 0.29) is 5.54 Å². The Morgan fingerprint density at radius 2 is 2.00 bits per heavy atom. The average molecular weight is 259 g/mol. The van der Waals surface area contributed by atoms with E-state index in [2.05, 4.69) is 13.0 Å². The fourth-order valence-corrected chi connectivity index (χ4v) is 3.36. The van der Waals surface area contributed by atoms with E-state index in [0.717, 1.165) is 23.1 Å². The molecule has 0 unspecified atom stereocenters. The Morgan fingerprint density at radius 1 is 1.32 bits per heavy atom. The molecule has 1 aliphatic rings. The number of hydrogen-bond acceptors (Lipinski definition) is 3. The first kappa shape index (κ1) is 12.2. The Kier molecular flexibility index (Phi) is 2.31. The minimum absolute atomic E-state index is 0.318. The molecule has 1 aromatic carbocycles. The van der Waals surface area contributed by atoms with E-state index in [0.29, 0.717) is 11.3 Å². The average Bonchev–Trinajstić information content (AvgIpc) is 2.27. The second-order valence-corrected chi connectivity index (χ2v) is 6.16. The van der Waals surface area contributed by atoms with Gasteiger partial charge in [0, 0.05) is 5.54 Å². The zero-order chi connectivity index (χ0) is 13.9. The molecule has 1 atom stereocenters. The third-order valence-electron chi connectivity index (χ3n) is 4.03. The van der Waals surface area contributed by atoms with Crippen LogP contribution in [0.5, 0.6) is 0 Å². The van der Waals surface area contributed by atoms with Gasteiger partial charge in [0.05, 0.1) is 10.9 Å². The summed E-state index contributed by atoms with van der Waals surface area (Å²) in [5, 5.41) is 0.509. The number of benzene rings is 1. The second kappa shape index (κ2) is 3.59. The summed E-state index contributed by atoms with van der Waals surface area (Å²) in [5.74, 6) is -0.238. The van der Waals surface area contributed by atoms with Crippen molar-refractivity contribution in [3.05, 3.63) is 44.2 Å². The molecule has 4 nitrogen and oxygen atoms in total. The standard InChI is InChI=1S/C15H17NO3/c1-8-5-10-9(2)7-15(3,4)16-12(10)11(6-8)13(17)19-14(16)18/h5-6,9H,7H2,1-4H3/t9-/m0/s1. The van der Waals surface area contributed by atoms with E-state index in [9.17, 15) is 9.59 Å². The van der Waals surface area contributed by atoms with E-state index in [1.165, 1.54) is 0 Å². The molecule has 0 fully saturated rings. The van der Waals surface area contributed by atoms with Gasteiger partial charge in [-0.05, 0) is 50.3 Å². The summed E-state index contributed by atoms with van der Waals surface area (Å²) in [6, 6.07) is 3.87. The molecule has 0 bridgehead atoms. The van der Waals surface area contributed by atoms with Crippen LogP contribution in [0.25, 0.3) is 10.9 Å². The SMILES string of the molecule is Cc1cc2c3c(c1)c(=O)oc(=O)n3C(C)(C)C[C@@H]2C. The summed E-state index contributed by atoms with van der Waals surface area (Å²) < 4.78 is 6.52. The van der Waals surface area contributed by atoms with Crippen LogP contribution in [0, 0.1) is 6.92 Å². The van der Waals surface area contributed by atoms with Gasteiger partial charge in [0.2, 0.25) is 0 Å². The molecular formula is C15H17NO3. The van der Waals surface area contributed by atoms with E-state index >= 15 is 0 Å². The van der Waals surface area contributed by atoms with E-state index in [1.807, 2.05) is 20.8 Å². The van der Waals surface area contributed by atoms with Crippen LogP contribution < -0.4 is 11.4 Å². The zero-order valence-electron chi connectivity index (χ0n) is 11.6. The Labute approximate surface area is 110 Å². The Hall–Kier alpha value is -1.84. The maximum Gasteiger partial charge on any atom is 0.422 e. The van der Waals surface area contributed by atoms with Crippen LogP contribution in [0.2, 0.25) is 0 Å². The highest BCUT2D eigenvalue weighted by molar-refractivity contribution is 5.83. The molecule has 0 aliphatic carbocycles. The molecule has 0 saturated heterocycles. The molecule has 0 radical (unpaired) electrons. The number of nitrogens with zero attached hydrogens (tertiary/aromatic N) is 1. The van der Waals surface area contributed by atoms with Crippen LogP contribution in [0.1, 0.15) is 44.2 Å². The maximum atomic E-state index is 12.1. The predicted molar refractivity (Wildman–Crippen MR) is 73.8 cm³/mol. The van der Waals surface area contributed by atoms with Gasteiger partial charge in [0.1, 0.15) is 0 Å². The van der Waals surface area contributed by atoms with Gasteiger partial charge < -0.3 is 4.42 Å². The van der Waals surface area contributed by atoms with Crippen molar-refractivity contribution < 1.29 is 4.42 Å². The lowest BCUT2D eigenvalue weighted by atomic mass is 9.81. The Bertz CT molecular complexity index is 795. The van der Waals surface area contributed by atoms with E-state index in [4.69, 9.17) is 4.42 Å². The maximum absolute atomic E-state index is 12.1. The van der Waals surface area contributed by atoms with Gasteiger partial charge in [-0.3, -0.25) is 4.57 Å². The van der Waals surface area contributed by atoms with Gasteiger partial charge in [0.15, 0.2) is 0 Å². The Balaban J connectivity index is 2.65. The first-order valence-corrected chi connectivity index (χ1v) is 6.52. The summed E-state index contributed by atoms with van der Waals surface area (Å²) in [4.78, 5) is 24.0. The van der Waals surface area contributed by atoms with Crippen molar-refractivity contribution in [2.75, 3.05) is 0 Å². The number of rotatable bonds is 0. The number of hydrogen-bond donors (Lipinski definition) is 0. The fraction of sp³-hybridized carbons (Fsp3) is 0.467. The van der Waals surface area contributed by atoms with Crippen LogP contribution in [-0.4, -0.2) is 4.57 Å². The van der Waals surface area contributed by atoms with Crippen LogP contribution in [0.4, 0.5) is 0 Å². The van der Waals surface area contributed by atoms with Crippen LogP contribution in [0.3, 0.4) is 0 Å². The largest absolute Gasteiger partial charge is 0.422 e. The highest BCUT2D eigenvalue weighted by atomic mass is 16.4. The highest BCUT2D eigenvalue weighted by Gasteiger charge is 2.34. The molecule has 19 heavy (non-hydrogen) atoms. The molecule has 1 aliphatic heterocycles. The molecular weight excluding hydrogens is 242 g/mol. The molecule has 1 aromatic heterocycles. The van der Waals surface area contributed by atoms with Crippen molar-refractivity contribution in [1.29, 1.82) is 0 Å². The Morgan fingerprint density at radius 3 is 2.68 bits per heavy atom. The third kappa shape index (κ3) is 1.59. The lowest BCUT2D eigenvalue weighted by molar-refractivity contribution is 0.256. The first-order chi connectivity index (χ1) is 8.81. The summed E-state index contributed by atoms with van der Waals surface area (Å²) in [6.45, 7) is 8.11. The number of aromatic nitrogens is 1. The van der Waals surface area contributed by atoms with Gasteiger partial charge in [-0.15, -0.1) is 0 Å². The molecule has 0 spiro atoms. The molecule has 2 heterocycles. The van der Waals surface area contributed by atoms with Crippen molar-refractivity contribution in [2.45, 2.75) is 45.6 Å². The topological polar surface area (TPSA) is 52.2 Å². The molecule has 0 amide bonds. The molecule has 0 saturated carbocycles. The lowest BCUT2D eigenvalue weighted by Gasteiger charge is -2.36. The lowest BCUT2D eigenvalue weighted by Crippen LogP contribution is -2.42. The van der Waals surface area contributed by atoms with Gasteiger partial charge in [-0.2, -0.15) is 0 Å². The summed E-state index contributed by atoms with van der Waals surface area (Å²) in [7, 11) is 0. The minimum Gasteiger partial charge on any atom is -0.372 e.